The van der Waals surface area contributed by atoms with Crippen LogP contribution in [0.3, 0.4) is 0 Å². The Morgan fingerprint density at radius 1 is 1.32 bits per heavy atom. The third-order valence-corrected chi connectivity index (χ3v) is 6.85. The Labute approximate surface area is 180 Å². The Hall–Kier alpha value is -2.52. The number of nitrogen functional groups attached to an aromatic ring is 1. The first-order valence-electron chi connectivity index (χ1n) is 9.49. The number of carboxylic acid groups (broad SMARTS) is 1. The first-order valence-corrected chi connectivity index (χ1v) is 11.5. The molecule has 0 saturated carbocycles. The van der Waals surface area contributed by atoms with Gasteiger partial charge in [-0.3, -0.25) is 9.36 Å². The minimum absolute atomic E-state index is 0.193. The summed E-state index contributed by atoms with van der Waals surface area (Å²) in [6.45, 7) is -0.289. The molecule has 0 aromatic carbocycles. The van der Waals surface area contributed by atoms with Gasteiger partial charge in [-0.1, -0.05) is 0 Å². The Balaban J connectivity index is 1.62. The number of fused-ring (bicyclic) bond motifs is 1. The molecule has 31 heavy (non-hydrogen) atoms. The van der Waals surface area contributed by atoms with Crippen molar-refractivity contribution in [2.24, 2.45) is 5.73 Å². The molecule has 1 aliphatic rings. The standard InChI is InChI=1S/C17H25N7O6S/c1-31(3-2-8(17(28)29)23-10(25)4-18)5-9-12(26)13(27)16(30-9)24-7-22-11-14(19)20-6-21-15(11)24/h6-9,12-13,16,26-27H,2-5,18H2,1H3,(H3-,19,20,21,23,25,28,29)/p+1. The van der Waals surface area contributed by atoms with Crippen LogP contribution in [0.2, 0.25) is 0 Å². The summed E-state index contributed by atoms with van der Waals surface area (Å²) in [4.78, 5) is 34.9. The van der Waals surface area contributed by atoms with Gasteiger partial charge in [0, 0.05) is 6.42 Å². The van der Waals surface area contributed by atoms with Gasteiger partial charge in [0.15, 0.2) is 17.7 Å². The molecule has 3 heterocycles. The third-order valence-electron chi connectivity index (χ3n) is 5.02. The van der Waals surface area contributed by atoms with Gasteiger partial charge in [-0.2, -0.15) is 0 Å². The van der Waals surface area contributed by atoms with Crippen molar-refractivity contribution in [1.29, 1.82) is 0 Å². The Bertz CT molecular complexity index is 943. The molecule has 2 aromatic rings. The lowest BCUT2D eigenvalue weighted by Gasteiger charge is -2.16. The van der Waals surface area contributed by atoms with Crippen molar-refractivity contribution in [3.8, 4) is 0 Å². The molecule has 3 rings (SSSR count). The molecule has 14 heteroatoms. The van der Waals surface area contributed by atoms with Crippen LogP contribution in [0.1, 0.15) is 12.6 Å². The number of aliphatic hydroxyl groups is 2. The summed E-state index contributed by atoms with van der Waals surface area (Å²) in [5.41, 5.74) is 11.7. The van der Waals surface area contributed by atoms with Crippen LogP contribution in [-0.2, 0) is 25.2 Å². The molecule has 0 aliphatic carbocycles. The minimum atomic E-state index is -1.22. The second-order valence-electron chi connectivity index (χ2n) is 7.23. The maximum absolute atomic E-state index is 11.4. The van der Waals surface area contributed by atoms with Gasteiger partial charge in [0.2, 0.25) is 5.91 Å². The number of amides is 1. The number of nitrogens with one attached hydrogen (secondary N) is 1. The zero-order chi connectivity index (χ0) is 22.7. The normalized spacial score (nSPS) is 25.4. The number of hydrogen-bond donors (Lipinski definition) is 6. The molecule has 2 aromatic heterocycles. The van der Waals surface area contributed by atoms with Gasteiger partial charge in [-0.05, 0) is 10.9 Å². The summed E-state index contributed by atoms with van der Waals surface area (Å²) in [6, 6.07) is -1.04. The number of carbonyl (C=O) groups is 2. The maximum atomic E-state index is 11.4. The van der Waals surface area contributed by atoms with E-state index in [1.165, 1.54) is 17.2 Å². The number of carbonyl (C=O) groups excluding carboxylic acids is 1. The molecule has 170 valence electrons. The number of rotatable bonds is 9. The lowest BCUT2D eigenvalue weighted by Crippen LogP contribution is -2.44. The van der Waals surface area contributed by atoms with Crippen LogP contribution in [0.15, 0.2) is 12.7 Å². The lowest BCUT2D eigenvalue weighted by molar-refractivity contribution is -0.141. The van der Waals surface area contributed by atoms with Crippen LogP contribution in [0.5, 0.6) is 0 Å². The first kappa shape index (κ1) is 23.1. The molecule has 1 amide bonds. The van der Waals surface area contributed by atoms with Crippen molar-refractivity contribution in [3.63, 3.8) is 0 Å². The Morgan fingerprint density at radius 3 is 2.74 bits per heavy atom. The molecule has 8 N–H and O–H groups in total. The van der Waals surface area contributed by atoms with E-state index in [2.05, 4.69) is 20.3 Å². The van der Waals surface area contributed by atoms with E-state index >= 15 is 0 Å². The van der Waals surface area contributed by atoms with Crippen molar-refractivity contribution in [3.05, 3.63) is 12.7 Å². The average Bonchev–Trinajstić information content (AvgIpc) is 3.28. The predicted molar refractivity (Wildman–Crippen MR) is 112 cm³/mol. The smallest absolute Gasteiger partial charge is 0.326 e. The summed E-state index contributed by atoms with van der Waals surface area (Å²) in [5, 5.41) is 32.6. The number of aromatic nitrogens is 4. The number of hydrogen-bond acceptors (Lipinski definition) is 10. The summed E-state index contributed by atoms with van der Waals surface area (Å²) >= 11 is 0. The number of carboxylic acids is 1. The highest BCUT2D eigenvalue weighted by Crippen LogP contribution is 2.32. The molecular weight excluding hydrogens is 430 g/mol. The highest BCUT2D eigenvalue weighted by Gasteiger charge is 2.46. The van der Waals surface area contributed by atoms with E-state index in [0.717, 1.165) is 0 Å². The molecule has 13 nitrogen and oxygen atoms in total. The number of nitrogens with two attached hydrogens (primary N) is 2. The van der Waals surface area contributed by atoms with Gasteiger partial charge >= 0.3 is 5.97 Å². The Morgan fingerprint density at radius 2 is 2.06 bits per heavy atom. The van der Waals surface area contributed by atoms with Crippen molar-refractivity contribution >= 4 is 39.8 Å². The molecular formula is C17H26N7O6S+. The van der Waals surface area contributed by atoms with E-state index in [9.17, 15) is 24.9 Å². The molecule has 0 radical (unpaired) electrons. The number of imidazole rings is 1. The van der Waals surface area contributed by atoms with E-state index in [-0.39, 0.29) is 29.7 Å². The third kappa shape index (κ3) is 5.04. The van der Waals surface area contributed by atoms with E-state index in [4.69, 9.17) is 16.2 Å². The molecule has 6 atom stereocenters. The first-order chi connectivity index (χ1) is 14.7. The number of aliphatic carboxylic acids is 1. The van der Waals surface area contributed by atoms with E-state index < -0.39 is 42.5 Å². The molecule has 0 spiro atoms. The molecule has 1 saturated heterocycles. The SMILES string of the molecule is C[S+](CCC(NC(=O)CN)C(=O)O)CC1OC(n2cnc3c(N)ncnc32)C(O)C1O. The average molecular weight is 457 g/mol. The van der Waals surface area contributed by atoms with Crippen LogP contribution in [0.4, 0.5) is 5.82 Å². The quantitative estimate of drug-likeness (QED) is 0.212. The second kappa shape index (κ2) is 9.74. The summed E-state index contributed by atoms with van der Waals surface area (Å²) in [6.07, 6.45) is 0.852. The number of ether oxygens (including phenoxy) is 1. The highest BCUT2D eigenvalue weighted by atomic mass is 32.2. The largest absolute Gasteiger partial charge is 0.480 e. The van der Waals surface area contributed by atoms with Crippen LogP contribution in [0.25, 0.3) is 11.2 Å². The highest BCUT2D eigenvalue weighted by molar-refractivity contribution is 7.96. The van der Waals surface area contributed by atoms with Crippen molar-refractivity contribution in [2.75, 3.05) is 30.0 Å². The zero-order valence-electron chi connectivity index (χ0n) is 16.8. The Kier molecular flexibility index (Phi) is 7.27. The van der Waals surface area contributed by atoms with Gasteiger partial charge in [-0.25, -0.2) is 19.7 Å². The van der Waals surface area contributed by atoms with Gasteiger partial charge in [0.05, 0.1) is 19.1 Å². The topological polar surface area (TPSA) is 212 Å². The number of nitrogens with zero attached hydrogens (tertiary/aromatic N) is 4. The molecule has 0 bridgehead atoms. The van der Waals surface area contributed by atoms with Gasteiger partial charge < -0.3 is 36.8 Å². The van der Waals surface area contributed by atoms with Crippen LogP contribution in [-0.4, -0.2) is 95.4 Å². The molecule has 1 fully saturated rings. The van der Waals surface area contributed by atoms with Gasteiger partial charge in [-0.15, -0.1) is 0 Å². The number of aliphatic hydroxyl groups excluding tert-OH is 2. The van der Waals surface area contributed by atoms with E-state index in [1.807, 2.05) is 6.26 Å². The van der Waals surface area contributed by atoms with Crippen molar-refractivity contribution < 1.29 is 29.6 Å². The summed E-state index contributed by atoms with van der Waals surface area (Å²) in [5.74, 6) is -0.610. The predicted octanol–water partition coefficient (Wildman–Crippen LogP) is -2.81. The monoisotopic (exact) mass is 456 g/mol. The fourth-order valence-corrected chi connectivity index (χ4v) is 4.99. The number of anilines is 1. The van der Waals surface area contributed by atoms with Crippen LogP contribution in [0, 0.1) is 0 Å². The fraction of sp³-hybridized carbons (Fsp3) is 0.588. The van der Waals surface area contributed by atoms with Gasteiger partial charge in [0.1, 0.15) is 47.7 Å². The summed E-state index contributed by atoms with van der Waals surface area (Å²) in [7, 11) is -0.354. The zero-order valence-corrected chi connectivity index (χ0v) is 17.6. The second-order valence-corrected chi connectivity index (χ2v) is 9.54. The van der Waals surface area contributed by atoms with E-state index in [1.54, 1.807) is 0 Å². The minimum Gasteiger partial charge on any atom is -0.480 e. The van der Waals surface area contributed by atoms with E-state index in [0.29, 0.717) is 22.7 Å². The van der Waals surface area contributed by atoms with Crippen LogP contribution < -0.4 is 16.8 Å². The molecule has 6 unspecified atom stereocenters. The maximum Gasteiger partial charge on any atom is 0.326 e. The van der Waals surface area contributed by atoms with Crippen molar-refractivity contribution in [2.45, 2.75) is 37.0 Å². The van der Waals surface area contributed by atoms with Crippen molar-refractivity contribution in [1.82, 2.24) is 24.8 Å². The van der Waals surface area contributed by atoms with Gasteiger partial charge in [0.25, 0.3) is 0 Å². The fourth-order valence-electron chi connectivity index (χ4n) is 3.35. The molecule has 1 aliphatic heterocycles. The summed E-state index contributed by atoms with van der Waals surface area (Å²) < 4.78 is 7.41. The lowest BCUT2D eigenvalue weighted by atomic mass is 10.1. The van der Waals surface area contributed by atoms with Crippen LogP contribution >= 0.6 is 0 Å².